The second kappa shape index (κ2) is 5.68. The van der Waals surface area contributed by atoms with E-state index in [1.54, 1.807) is 23.1 Å². The van der Waals surface area contributed by atoms with E-state index in [-0.39, 0.29) is 11.9 Å². The van der Waals surface area contributed by atoms with Crippen molar-refractivity contribution in [2.24, 2.45) is 0 Å². The van der Waals surface area contributed by atoms with Gasteiger partial charge < -0.3 is 5.32 Å². The van der Waals surface area contributed by atoms with Crippen molar-refractivity contribution in [2.75, 3.05) is 6.54 Å². The van der Waals surface area contributed by atoms with Crippen LogP contribution in [-0.4, -0.2) is 26.5 Å². The van der Waals surface area contributed by atoms with Crippen LogP contribution in [0.5, 0.6) is 0 Å². The highest BCUT2D eigenvalue weighted by atomic mass is 19.1. The van der Waals surface area contributed by atoms with Crippen molar-refractivity contribution < 1.29 is 4.39 Å². The summed E-state index contributed by atoms with van der Waals surface area (Å²) in [6.45, 7) is 5.32. The molecule has 6 heteroatoms. The van der Waals surface area contributed by atoms with Gasteiger partial charge in [0.2, 0.25) is 0 Å². The number of hydrogen-bond acceptors (Lipinski definition) is 4. The van der Waals surface area contributed by atoms with Gasteiger partial charge in [-0.1, -0.05) is 12.1 Å². The number of nitrogens with one attached hydrogen (secondary N) is 1. The molecule has 0 saturated carbocycles. The van der Waals surface area contributed by atoms with Crippen LogP contribution in [0, 0.1) is 5.82 Å². The minimum Gasteiger partial charge on any atom is -0.304 e. The fourth-order valence-electron chi connectivity index (χ4n) is 1.89. The lowest BCUT2D eigenvalue weighted by Gasteiger charge is -2.18. The third-order valence-electron chi connectivity index (χ3n) is 2.71. The lowest BCUT2D eigenvalue weighted by Crippen LogP contribution is -2.26. The first-order valence-corrected chi connectivity index (χ1v) is 6.00. The van der Waals surface area contributed by atoms with Crippen LogP contribution in [0.2, 0.25) is 0 Å². The number of halogens is 1. The molecule has 18 heavy (non-hydrogen) atoms. The zero-order valence-corrected chi connectivity index (χ0v) is 10.5. The van der Waals surface area contributed by atoms with Gasteiger partial charge in [-0.15, -0.1) is 5.10 Å². The summed E-state index contributed by atoms with van der Waals surface area (Å²) in [6, 6.07) is 2.66. The minimum absolute atomic E-state index is 0.327. The molecule has 1 unspecified atom stereocenters. The Morgan fingerprint density at radius 3 is 2.94 bits per heavy atom. The number of aromatic nitrogens is 4. The van der Waals surface area contributed by atoms with Gasteiger partial charge in [0.15, 0.2) is 0 Å². The number of rotatable bonds is 5. The van der Waals surface area contributed by atoms with Crippen LogP contribution < -0.4 is 5.32 Å². The van der Waals surface area contributed by atoms with E-state index in [0.29, 0.717) is 18.8 Å². The molecule has 1 atom stereocenters. The molecule has 0 bridgehead atoms. The summed E-state index contributed by atoms with van der Waals surface area (Å²) in [5.41, 5.74) is 1.19. The van der Waals surface area contributed by atoms with Crippen molar-refractivity contribution in [2.45, 2.75) is 26.4 Å². The molecule has 0 spiro atoms. The molecule has 2 heterocycles. The van der Waals surface area contributed by atoms with Crippen LogP contribution in [-0.2, 0) is 6.54 Å². The third kappa shape index (κ3) is 2.38. The van der Waals surface area contributed by atoms with E-state index >= 15 is 0 Å². The van der Waals surface area contributed by atoms with Gasteiger partial charge in [-0.2, -0.15) is 0 Å². The van der Waals surface area contributed by atoms with E-state index in [1.165, 1.54) is 6.07 Å². The van der Waals surface area contributed by atoms with Crippen molar-refractivity contribution in [3.8, 4) is 0 Å². The molecule has 0 radical (unpaired) electrons. The molecule has 2 aromatic rings. The predicted octanol–water partition coefficient (Wildman–Crippen LogP) is 1.53. The molecule has 2 aromatic heterocycles. The largest absolute Gasteiger partial charge is 0.304 e. The molecular formula is C12H16FN5. The van der Waals surface area contributed by atoms with E-state index < -0.39 is 0 Å². The molecule has 0 aliphatic carbocycles. The van der Waals surface area contributed by atoms with Crippen molar-refractivity contribution in [3.05, 3.63) is 41.7 Å². The van der Waals surface area contributed by atoms with Gasteiger partial charge in [-0.25, -0.2) is 9.07 Å². The Morgan fingerprint density at radius 1 is 1.44 bits per heavy atom. The van der Waals surface area contributed by atoms with Gasteiger partial charge in [0.05, 0.1) is 23.6 Å². The maximum atomic E-state index is 13.8. The fraction of sp³-hybridized carbons (Fsp3) is 0.417. The summed E-state index contributed by atoms with van der Waals surface area (Å²) in [5.74, 6) is -0.327. The SMILES string of the molecule is CCNC(c1ncccc1F)c1cnnn1CC. The number of hydrogen-bond donors (Lipinski definition) is 1. The van der Waals surface area contributed by atoms with Crippen LogP contribution in [0.25, 0.3) is 0 Å². The van der Waals surface area contributed by atoms with Crippen molar-refractivity contribution in [1.82, 2.24) is 25.3 Å². The summed E-state index contributed by atoms with van der Waals surface area (Å²) >= 11 is 0. The topological polar surface area (TPSA) is 55.6 Å². The van der Waals surface area contributed by atoms with Gasteiger partial charge in [0, 0.05) is 12.7 Å². The Hall–Kier alpha value is -1.82. The maximum absolute atomic E-state index is 13.8. The molecule has 0 saturated heterocycles. The molecule has 2 rings (SSSR count). The standard InChI is InChI=1S/C12H16FN5/c1-3-14-12(10-8-16-17-18(10)4-2)11-9(13)6-5-7-15-11/h5-8,12,14H,3-4H2,1-2H3. The lowest BCUT2D eigenvalue weighted by atomic mass is 10.1. The highest BCUT2D eigenvalue weighted by Gasteiger charge is 2.22. The van der Waals surface area contributed by atoms with Crippen LogP contribution in [0.15, 0.2) is 24.5 Å². The monoisotopic (exact) mass is 249 g/mol. The maximum Gasteiger partial charge on any atom is 0.146 e. The summed E-state index contributed by atoms with van der Waals surface area (Å²) < 4.78 is 15.6. The first-order chi connectivity index (χ1) is 8.77. The summed E-state index contributed by atoms with van der Waals surface area (Å²) in [4.78, 5) is 4.12. The van der Waals surface area contributed by atoms with E-state index in [2.05, 4.69) is 20.6 Å². The van der Waals surface area contributed by atoms with E-state index in [0.717, 1.165) is 5.69 Å². The van der Waals surface area contributed by atoms with Crippen LogP contribution in [0.4, 0.5) is 4.39 Å². The molecular weight excluding hydrogens is 233 g/mol. The van der Waals surface area contributed by atoms with Gasteiger partial charge in [0.1, 0.15) is 5.82 Å². The Balaban J connectivity index is 2.43. The molecule has 1 N–H and O–H groups in total. The molecule has 0 aromatic carbocycles. The molecule has 0 amide bonds. The molecule has 96 valence electrons. The molecule has 0 fully saturated rings. The predicted molar refractivity (Wildman–Crippen MR) is 65.4 cm³/mol. The van der Waals surface area contributed by atoms with Gasteiger partial charge in [-0.3, -0.25) is 4.98 Å². The average Bonchev–Trinajstić information content (AvgIpc) is 2.85. The van der Waals surface area contributed by atoms with Gasteiger partial charge >= 0.3 is 0 Å². The Morgan fingerprint density at radius 2 is 2.28 bits per heavy atom. The van der Waals surface area contributed by atoms with Crippen molar-refractivity contribution in [3.63, 3.8) is 0 Å². The average molecular weight is 249 g/mol. The number of nitrogens with zero attached hydrogens (tertiary/aromatic N) is 4. The highest BCUT2D eigenvalue weighted by Crippen LogP contribution is 2.21. The first kappa shape index (κ1) is 12.6. The highest BCUT2D eigenvalue weighted by molar-refractivity contribution is 5.21. The van der Waals surface area contributed by atoms with Crippen LogP contribution in [0.1, 0.15) is 31.3 Å². The molecule has 0 aliphatic rings. The zero-order chi connectivity index (χ0) is 13.0. The first-order valence-electron chi connectivity index (χ1n) is 6.00. The Kier molecular flexibility index (Phi) is 3.99. The second-order valence-corrected chi connectivity index (χ2v) is 3.84. The van der Waals surface area contributed by atoms with Crippen LogP contribution >= 0.6 is 0 Å². The number of aryl methyl sites for hydroxylation is 1. The summed E-state index contributed by atoms with van der Waals surface area (Å²) in [6.07, 6.45) is 3.23. The third-order valence-corrected chi connectivity index (χ3v) is 2.71. The Bertz CT molecular complexity index is 511. The van der Waals surface area contributed by atoms with Gasteiger partial charge in [-0.05, 0) is 25.6 Å². The van der Waals surface area contributed by atoms with Crippen molar-refractivity contribution in [1.29, 1.82) is 0 Å². The normalized spacial score (nSPS) is 12.6. The number of pyridine rings is 1. The summed E-state index contributed by atoms with van der Waals surface area (Å²) in [7, 11) is 0. The summed E-state index contributed by atoms with van der Waals surface area (Å²) in [5, 5.41) is 11.1. The van der Waals surface area contributed by atoms with Crippen LogP contribution in [0.3, 0.4) is 0 Å². The smallest absolute Gasteiger partial charge is 0.146 e. The van der Waals surface area contributed by atoms with Crippen molar-refractivity contribution >= 4 is 0 Å². The molecule has 0 aliphatic heterocycles. The van der Waals surface area contributed by atoms with E-state index in [9.17, 15) is 4.39 Å². The lowest BCUT2D eigenvalue weighted by molar-refractivity contribution is 0.500. The quantitative estimate of drug-likeness (QED) is 0.873. The minimum atomic E-state index is -0.328. The Labute approximate surface area is 105 Å². The fourth-order valence-corrected chi connectivity index (χ4v) is 1.89. The zero-order valence-electron chi connectivity index (χ0n) is 10.5. The molecule has 5 nitrogen and oxygen atoms in total. The van der Waals surface area contributed by atoms with E-state index in [4.69, 9.17) is 0 Å². The second-order valence-electron chi connectivity index (χ2n) is 3.84. The van der Waals surface area contributed by atoms with E-state index in [1.807, 2.05) is 13.8 Å². The van der Waals surface area contributed by atoms with Gasteiger partial charge in [0.25, 0.3) is 0 Å².